The molecular weight excluding hydrogens is 164 g/mol. The quantitative estimate of drug-likeness (QED) is 0.654. The lowest BCUT2D eigenvalue weighted by Crippen LogP contribution is -2.41. The van der Waals surface area contributed by atoms with Gasteiger partial charge in [-0.3, -0.25) is 0 Å². The second kappa shape index (κ2) is 2.63. The number of amides is 2. The van der Waals surface area contributed by atoms with Crippen LogP contribution in [0.15, 0.2) is 0 Å². The molecule has 2 heterocycles. The Morgan fingerprint density at radius 3 is 2.54 bits per heavy atom. The van der Waals surface area contributed by atoms with Crippen LogP contribution in [-0.4, -0.2) is 30.6 Å². The van der Waals surface area contributed by atoms with Gasteiger partial charge in [0.1, 0.15) is 0 Å². The van der Waals surface area contributed by atoms with Crippen LogP contribution in [-0.2, 0) is 0 Å². The maximum absolute atomic E-state index is 11.4. The molecule has 0 unspecified atom stereocenters. The van der Waals surface area contributed by atoms with Gasteiger partial charge in [0.05, 0.1) is 0 Å². The van der Waals surface area contributed by atoms with E-state index >= 15 is 0 Å². The third kappa shape index (κ3) is 1.06. The molecule has 2 amide bonds. The molecule has 0 radical (unpaired) electrons. The molecule has 3 rings (SSSR count). The van der Waals surface area contributed by atoms with Crippen LogP contribution < -0.4 is 5.32 Å². The van der Waals surface area contributed by atoms with Gasteiger partial charge in [-0.15, -0.1) is 0 Å². The summed E-state index contributed by atoms with van der Waals surface area (Å²) in [6.45, 7) is 5.50. The van der Waals surface area contributed by atoms with Gasteiger partial charge < -0.3 is 10.2 Å². The van der Waals surface area contributed by atoms with Gasteiger partial charge >= 0.3 is 6.03 Å². The molecule has 1 saturated carbocycles. The molecule has 0 aromatic heterocycles. The van der Waals surface area contributed by atoms with Crippen molar-refractivity contribution >= 4 is 6.03 Å². The first-order valence-corrected chi connectivity index (χ1v) is 5.07. The Bertz CT molecular complexity index is 231. The largest absolute Gasteiger partial charge is 0.341 e. The molecule has 3 fully saturated rings. The number of carbonyl (C=O) groups is 1. The highest BCUT2D eigenvalue weighted by atomic mass is 16.2. The third-order valence-electron chi connectivity index (χ3n) is 3.91. The number of rotatable bonds is 1. The average Bonchev–Trinajstić information content (AvgIpc) is 2.55. The predicted molar refractivity (Wildman–Crippen MR) is 51.5 cm³/mol. The van der Waals surface area contributed by atoms with E-state index < -0.39 is 0 Å². The van der Waals surface area contributed by atoms with Gasteiger partial charge in [0.15, 0.2) is 0 Å². The van der Waals surface area contributed by atoms with E-state index in [-0.39, 0.29) is 6.03 Å². The molecule has 3 heteroatoms. The number of hydrogen-bond acceptors (Lipinski definition) is 1. The molecule has 0 aromatic carbocycles. The maximum Gasteiger partial charge on any atom is 0.317 e. The van der Waals surface area contributed by atoms with E-state index in [1.54, 1.807) is 7.05 Å². The minimum absolute atomic E-state index is 0.102. The van der Waals surface area contributed by atoms with Crippen LogP contribution in [0.25, 0.3) is 0 Å². The van der Waals surface area contributed by atoms with E-state index in [0.717, 1.165) is 6.54 Å². The van der Waals surface area contributed by atoms with Crippen molar-refractivity contribution in [3.63, 3.8) is 0 Å². The summed E-state index contributed by atoms with van der Waals surface area (Å²) in [5.74, 6) is 0.707. The molecule has 74 valence electrons. The number of urea groups is 1. The van der Waals surface area contributed by atoms with Crippen molar-refractivity contribution in [2.45, 2.75) is 32.7 Å². The Labute approximate surface area is 79.5 Å². The molecule has 1 aliphatic carbocycles. The number of nitrogens with zero attached hydrogens (tertiary/aromatic N) is 1. The fourth-order valence-corrected chi connectivity index (χ4v) is 2.73. The lowest BCUT2D eigenvalue weighted by Gasteiger charge is -2.40. The van der Waals surface area contributed by atoms with Gasteiger partial charge in [-0.1, -0.05) is 13.8 Å². The Hall–Kier alpha value is -0.730. The van der Waals surface area contributed by atoms with E-state index in [0.29, 0.717) is 17.4 Å². The SMILES string of the molecule is CNC(=O)N1CC2(C(C)C)CC1C2. The topological polar surface area (TPSA) is 32.3 Å². The van der Waals surface area contributed by atoms with Gasteiger partial charge in [0.25, 0.3) is 0 Å². The summed E-state index contributed by atoms with van der Waals surface area (Å²) in [6.07, 6.45) is 2.44. The Balaban J connectivity index is 2.05. The predicted octanol–water partition coefficient (Wildman–Crippen LogP) is 1.45. The molecule has 2 saturated heterocycles. The highest BCUT2D eigenvalue weighted by molar-refractivity contribution is 5.75. The van der Waals surface area contributed by atoms with Crippen molar-refractivity contribution in [2.75, 3.05) is 13.6 Å². The smallest absolute Gasteiger partial charge is 0.317 e. The van der Waals surface area contributed by atoms with Crippen molar-refractivity contribution in [1.29, 1.82) is 0 Å². The first-order valence-electron chi connectivity index (χ1n) is 5.07. The lowest BCUT2D eigenvalue weighted by molar-refractivity contribution is 0.119. The van der Waals surface area contributed by atoms with E-state index in [1.165, 1.54) is 12.8 Å². The summed E-state index contributed by atoms with van der Waals surface area (Å²) in [5.41, 5.74) is 0.456. The van der Waals surface area contributed by atoms with Crippen molar-refractivity contribution in [3.05, 3.63) is 0 Å². The number of hydrogen-bond donors (Lipinski definition) is 1. The molecular formula is C10H18N2O. The van der Waals surface area contributed by atoms with Crippen LogP contribution in [0.1, 0.15) is 26.7 Å². The first kappa shape index (κ1) is 8.85. The Morgan fingerprint density at radius 2 is 2.15 bits per heavy atom. The summed E-state index contributed by atoms with van der Waals surface area (Å²) in [4.78, 5) is 13.4. The summed E-state index contributed by atoms with van der Waals surface area (Å²) < 4.78 is 0. The highest BCUT2D eigenvalue weighted by Crippen LogP contribution is 2.55. The molecule has 0 spiro atoms. The normalized spacial score (nSPS) is 36.3. The molecule has 3 nitrogen and oxygen atoms in total. The Morgan fingerprint density at radius 1 is 1.54 bits per heavy atom. The standard InChI is InChI=1S/C10H18N2O/c1-7(2)10-4-8(5-10)12(6-10)9(13)11-3/h7-8H,4-6H2,1-3H3,(H,11,13). The molecule has 2 aliphatic heterocycles. The highest BCUT2D eigenvalue weighted by Gasteiger charge is 2.57. The molecule has 0 atom stereocenters. The minimum atomic E-state index is 0.102. The molecule has 3 aliphatic rings. The van der Waals surface area contributed by atoms with E-state index in [1.807, 2.05) is 4.90 Å². The number of carbonyl (C=O) groups excluding carboxylic acids is 1. The minimum Gasteiger partial charge on any atom is -0.341 e. The molecule has 1 N–H and O–H groups in total. The van der Waals surface area contributed by atoms with Crippen molar-refractivity contribution in [2.24, 2.45) is 11.3 Å². The van der Waals surface area contributed by atoms with Crippen LogP contribution >= 0.6 is 0 Å². The van der Waals surface area contributed by atoms with Crippen LogP contribution in [0.5, 0.6) is 0 Å². The second-order valence-corrected chi connectivity index (χ2v) is 4.76. The maximum atomic E-state index is 11.4. The summed E-state index contributed by atoms with van der Waals surface area (Å²) in [5, 5.41) is 2.71. The van der Waals surface area contributed by atoms with Crippen LogP contribution in [0, 0.1) is 11.3 Å². The fraction of sp³-hybridized carbons (Fsp3) is 0.900. The monoisotopic (exact) mass is 182 g/mol. The number of nitrogens with one attached hydrogen (secondary N) is 1. The second-order valence-electron chi connectivity index (χ2n) is 4.76. The fourth-order valence-electron chi connectivity index (χ4n) is 2.73. The zero-order valence-corrected chi connectivity index (χ0v) is 8.63. The summed E-state index contributed by atoms with van der Waals surface area (Å²) in [6, 6.07) is 0.632. The van der Waals surface area contributed by atoms with Crippen LogP contribution in [0.4, 0.5) is 4.79 Å². The van der Waals surface area contributed by atoms with Gasteiger partial charge in [-0.05, 0) is 24.2 Å². The summed E-state index contributed by atoms with van der Waals surface area (Å²) >= 11 is 0. The van der Waals surface area contributed by atoms with Gasteiger partial charge in [0.2, 0.25) is 0 Å². The van der Waals surface area contributed by atoms with Gasteiger partial charge in [0, 0.05) is 19.6 Å². The van der Waals surface area contributed by atoms with Crippen molar-refractivity contribution in [3.8, 4) is 0 Å². The molecule has 2 bridgehead atoms. The van der Waals surface area contributed by atoms with E-state index in [9.17, 15) is 4.79 Å². The van der Waals surface area contributed by atoms with Crippen LogP contribution in [0.2, 0.25) is 0 Å². The van der Waals surface area contributed by atoms with Gasteiger partial charge in [-0.2, -0.15) is 0 Å². The van der Waals surface area contributed by atoms with E-state index in [2.05, 4.69) is 19.2 Å². The lowest BCUT2D eigenvalue weighted by atomic mass is 9.63. The first-order chi connectivity index (χ1) is 6.09. The van der Waals surface area contributed by atoms with Gasteiger partial charge in [-0.25, -0.2) is 4.79 Å². The third-order valence-corrected chi connectivity index (χ3v) is 3.91. The molecule has 0 aromatic rings. The van der Waals surface area contributed by atoms with Crippen molar-refractivity contribution < 1.29 is 4.79 Å². The zero-order valence-electron chi connectivity index (χ0n) is 8.63. The van der Waals surface area contributed by atoms with Crippen LogP contribution in [0.3, 0.4) is 0 Å². The zero-order chi connectivity index (χ0) is 9.64. The Kier molecular flexibility index (Phi) is 1.79. The molecule has 13 heavy (non-hydrogen) atoms. The number of fused-ring (bicyclic) bond motifs is 1. The average molecular weight is 182 g/mol. The van der Waals surface area contributed by atoms with E-state index in [4.69, 9.17) is 0 Å². The van der Waals surface area contributed by atoms with Crippen molar-refractivity contribution in [1.82, 2.24) is 10.2 Å². The summed E-state index contributed by atoms with van der Waals surface area (Å²) in [7, 11) is 1.71.